The van der Waals surface area contributed by atoms with Crippen LogP contribution in [0.25, 0.3) is 0 Å². The van der Waals surface area contributed by atoms with E-state index in [4.69, 9.17) is 11.6 Å². The first-order valence-corrected chi connectivity index (χ1v) is 9.31. The smallest absolute Gasteiger partial charge is 0.270 e. The summed E-state index contributed by atoms with van der Waals surface area (Å²) in [6, 6.07) is 21.9. The molecule has 0 unspecified atom stereocenters. The maximum Gasteiger partial charge on any atom is 0.270 e. The Hall–Kier alpha value is -3.18. The van der Waals surface area contributed by atoms with Crippen LogP contribution < -0.4 is 10.6 Å². The highest BCUT2D eigenvalue weighted by molar-refractivity contribution is 6.30. The maximum absolute atomic E-state index is 12.3. The van der Waals surface area contributed by atoms with Gasteiger partial charge in [-0.25, -0.2) is 4.98 Å². The van der Waals surface area contributed by atoms with E-state index in [2.05, 4.69) is 15.6 Å². The predicted octanol–water partition coefficient (Wildman–Crippen LogP) is 3.64. The molecule has 0 spiro atoms. The Morgan fingerprint density at radius 2 is 1.43 bits per heavy atom. The van der Waals surface area contributed by atoms with E-state index in [9.17, 15) is 9.59 Å². The molecule has 0 atom stereocenters. The second-order valence-electron chi connectivity index (χ2n) is 6.21. The van der Waals surface area contributed by atoms with Gasteiger partial charge in [-0.1, -0.05) is 60.1 Å². The van der Waals surface area contributed by atoms with E-state index in [1.807, 2.05) is 54.6 Å². The molecule has 3 rings (SSSR count). The van der Waals surface area contributed by atoms with E-state index >= 15 is 0 Å². The number of carbonyl (C=O) groups excluding carboxylic acids is 2. The molecule has 0 aliphatic heterocycles. The van der Waals surface area contributed by atoms with E-state index < -0.39 is 0 Å². The fraction of sp³-hybridized carbons (Fsp3) is 0.136. The molecule has 0 fully saturated rings. The third-order valence-corrected chi connectivity index (χ3v) is 4.33. The molecule has 2 aromatic carbocycles. The van der Waals surface area contributed by atoms with Gasteiger partial charge in [0.2, 0.25) is 0 Å². The number of pyridine rings is 1. The van der Waals surface area contributed by atoms with Crippen LogP contribution in [0.5, 0.6) is 0 Å². The summed E-state index contributed by atoms with van der Waals surface area (Å²) in [7, 11) is 0. The zero-order valence-corrected chi connectivity index (χ0v) is 15.9. The summed E-state index contributed by atoms with van der Waals surface area (Å²) in [5.74, 6) is -0.642. The number of nitrogens with zero attached hydrogens (tertiary/aromatic N) is 1. The SMILES string of the molecule is O=C(NCCc1cccc(Cl)c1)c1cccc(C(=O)NCc2ccccc2)n1. The van der Waals surface area contributed by atoms with Crippen molar-refractivity contribution in [2.45, 2.75) is 13.0 Å². The van der Waals surface area contributed by atoms with Crippen LogP contribution in [0.1, 0.15) is 32.1 Å². The first kappa shape index (κ1) is 19.6. The van der Waals surface area contributed by atoms with Crippen molar-refractivity contribution >= 4 is 23.4 Å². The van der Waals surface area contributed by atoms with E-state index in [-0.39, 0.29) is 23.2 Å². The minimum absolute atomic E-state index is 0.207. The first-order valence-electron chi connectivity index (χ1n) is 8.93. The van der Waals surface area contributed by atoms with Crippen molar-refractivity contribution in [1.29, 1.82) is 0 Å². The molecule has 142 valence electrons. The molecule has 2 N–H and O–H groups in total. The fourth-order valence-corrected chi connectivity index (χ4v) is 2.87. The third-order valence-electron chi connectivity index (χ3n) is 4.10. The number of halogens is 1. The highest BCUT2D eigenvalue weighted by Crippen LogP contribution is 2.10. The van der Waals surface area contributed by atoms with Crippen molar-refractivity contribution in [3.05, 3.63) is 100 Å². The van der Waals surface area contributed by atoms with Crippen LogP contribution in [0.3, 0.4) is 0 Å². The van der Waals surface area contributed by atoms with Crippen LogP contribution in [0, 0.1) is 0 Å². The average molecular weight is 394 g/mol. The standard InChI is InChI=1S/C22H20ClN3O2/c23-18-9-4-8-16(14-18)12-13-24-21(27)19-10-5-11-20(26-19)22(28)25-15-17-6-2-1-3-7-17/h1-11,14H,12-13,15H2,(H,24,27)(H,25,28). The number of hydrogen-bond acceptors (Lipinski definition) is 3. The van der Waals surface area contributed by atoms with E-state index in [1.54, 1.807) is 18.2 Å². The second-order valence-corrected chi connectivity index (χ2v) is 6.65. The van der Waals surface area contributed by atoms with Crippen LogP contribution in [0.4, 0.5) is 0 Å². The molecule has 0 bridgehead atoms. The lowest BCUT2D eigenvalue weighted by Crippen LogP contribution is -2.28. The van der Waals surface area contributed by atoms with Gasteiger partial charge in [0.15, 0.2) is 0 Å². The normalized spacial score (nSPS) is 10.3. The van der Waals surface area contributed by atoms with Crippen molar-refractivity contribution in [1.82, 2.24) is 15.6 Å². The zero-order valence-electron chi connectivity index (χ0n) is 15.2. The summed E-state index contributed by atoms with van der Waals surface area (Å²) in [6.07, 6.45) is 0.656. The molecule has 2 amide bonds. The molecule has 1 heterocycles. The zero-order chi connectivity index (χ0) is 19.8. The molecule has 0 radical (unpaired) electrons. The molecule has 3 aromatic rings. The summed E-state index contributed by atoms with van der Waals surface area (Å²) in [5, 5.41) is 6.29. The molecule has 0 aliphatic carbocycles. The minimum Gasteiger partial charge on any atom is -0.350 e. The van der Waals surface area contributed by atoms with Crippen LogP contribution in [-0.2, 0) is 13.0 Å². The third kappa shape index (κ3) is 5.66. The summed E-state index contributed by atoms with van der Waals surface area (Å²) in [5.41, 5.74) is 2.44. The highest BCUT2D eigenvalue weighted by atomic mass is 35.5. The average Bonchev–Trinajstić information content (AvgIpc) is 2.73. The lowest BCUT2D eigenvalue weighted by Gasteiger charge is -2.08. The van der Waals surface area contributed by atoms with E-state index in [0.29, 0.717) is 24.5 Å². The lowest BCUT2D eigenvalue weighted by molar-refractivity contribution is 0.0943. The van der Waals surface area contributed by atoms with Gasteiger partial charge in [-0.2, -0.15) is 0 Å². The van der Waals surface area contributed by atoms with Crippen molar-refractivity contribution in [2.75, 3.05) is 6.54 Å². The predicted molar refractivity (Wildman–Crippen MR) is 109 cm³/mol. The minimum atomic E-state index is -0.322. The number of carbonyl (C=O) groups is 2. The van der Waals surface area contributed by atoms with Crippen LogP contribution in [-0.4, -0.2) is 23.3 Å². The maximum atomic E-state index is 12.3. The Labute approximate surface area is 168 Å². The van der Waals surface area contributed by atoms with Gasteiger partial charge in [-0.05, 0) is 41.8 Å². The van der Waals surface area contributed by atoms with Gasteiger partial charge < -0.3 is 10.6 Å². The summed E-state index contributed by atoms with van der Waals surface area (Å²) in [4.78, 5) is 28.8. The van der Waals surface area contributed by atoms with Gasteiger partial charge in [-0.3, -0.25) is 9.59 Å². The highest BCUT2D eigenvalue weighted by Gasteiger charge is 2.12. The summed E-state index contributed by atoms with van der Waals surface area (Å²) < 4.78 is 0. The summed E-state index contributed by atoms with van der Waals surface area (Å²) in [6.45, 7) is 0.850. The van der Waals surface area contributed by atoms with Crippen molar-refractivity contribution in [3.8, 4) is 0 Å². The number of aromatic nitrogens is 1. The molecule has 6 heteroatoms. The Kier molecular flexibility index (Phi) is 6.76. The van der Waals surface area contributed by atoms with Gasteiger partial charge >= 0.3 is 0 Å². The van der Waals surface area contributed by atoms with Crippen LogP contribution >= 0.6 is 11.6 Å². The fourth-order valence-electron chi connectivity index (χ4n) is 2.66. The van der Waals surface area contributed by atoms with E-state index in [1.165, 1.54) is 0 Å². The molecule has 0 saturated carbocycles. The Balaban J connectivity index is 1.54. The Morgan fingerprint density at radius 3 is 2.14 bits per heavy atom. The molecule has 28 heavy (non-hydrogen) atoms. The van der Waals surface area contributed by atoms with Crippen LogP contribution in [0.15, 0.2) is 72.8 Å². The molecule has 0 saturated heterocycles. The van der Waals surface area contributed by atoms with E-state index in [0.717, 1.165) is 11.1 Å². The van der Waals surface area contributed by atoms with Gasteiger partial charge in [-0.15, -0.1) is 0 Å². The van der Waals surface area contributed by atoms with Crippen molar-refractivity contribution in [2.24, 2.45) is 0 Å². The molecular formula is C22H20ClN3O2. The van der Waals surface area contributed by atoms with Crippen molar-refractivity contribution in [3.63, 3.8) is 0 Å². The Bertz CT molecular complexity index is 961. The lowest BCUT2D eigenvalue weighted by atomic mass is 10.1. The number of amides is 2. The number of benzene rings is 2. The largest absolute Gasteiger partial charge is 0.350 e. The summed E-state index contributed by atoms with van der Waals surface area (Å²) >= 11 is 5.96. The van der Waals surface area contributed by atoms with Gasteiger partial charge in [0.05, 0.1) is 0 Å². The quantitative estimate of drug-likeness (QED) is 0.643. The molecule has 0 aliphatic rings. The van der Waals surface area contributed by atoms with Gasteiger partial charge in [0.1, 0.15) is 11.4 Å². The van der Waals surface area contributed by atoms with Crippen molar-refractivity contribution < 1.29 is 9.59 Å². The first-order chi connectivity index (χ1) is 13.6. The topological polar surface area (TPSA) is 71.1 Å². The monoisotopic (exact) mass is 393 g/mol. The van der Waals surface area contributed by atoms with Gasteiger partial charge in [0.25, 0.3) is 11.8 Å². The number of rotatable bonds is 7. The number of hydrogen-bond donors (Lipinski definition) is 2. The Morgan fingerprint density at radius 1 is 0.786 bits per heavy atom. The molecule has 1 aromatic heterocycles. The number of nitrogens with one attached hydrogen (secondary N) is 2. The molecule has 5 nitrogen and oxygen atoms in total. The second kappa shape index (κ2) is 9.67. The van der Waals surface area contributed by atoms with Gasteiger partial charge in [0, 0.05) is 18.1 Å². The van der Waals surface area contributed by atoms with Crippen LogP contribution in [0.2, 0.25) is 5.02 Å². The molecular weight excluding hydrogens is 374 g/mol.